The van der Waals surface area contributed by atoms with Crippen LogP contribution in [0.1, 0.15) is 29.6 Å². The molecule has 4 rings (SSSR count). The van der Waals surface area contributed by atoms with Crippen molar-refractivity contribution in [3.05, 3.63) is 96.4 Å². The lowest BCUT2D eigenvalue weighted by Gasteiger charge is -2.20. The normalized spacial score (nSPS) is 13.2. The van der Waals surface area contributed by atoms with Crippen molar-refractivity contribution in [1.29, 1.82) is 0 Å². The molecule has 0 aliphatic heterocycles. The van der Waals surface area contributed by atoms with Crippen LogP contribution in [0.25, 0.3) is 5.65 Å². The summed E-state index contributed by atoms with van der Waals surface area (Å²) in [4.78, 5) is 14.2. The van der Waals surface area contributed by atoms with Crippen molar-refractivity contribution in [3.8, 4) is 0 Å². The van der Waals surface area contributed by atoms with Crippen molar-refractivity contribution in [2.45, 2.75) is 23.1 Å². The summed E-state index contributed by atoms with van der Waals surface area (Å²) in [6.07, 6.45) is 1.90. The van der Waals surface area contributed by atoms with Crippen LogP contribution in [0, 0.1) is 0 Å². The molecule has 0 radical (unpaired) electrons. The highest BCUT2D eigenvalue weighted by atomic mass is 32.2. The number of hydrogen-bond donors (Lipinski definition) is 1. The minimum atomic E-state index is -0.356. The maximum atomic E-state index is 13.2. The first-order chi connectivity index (χ1) is 13.7. The zero-order valence-electron chi connectivity index (χ0n) is 15.4. The zero-order chi connectivity index (χ0) is 19.3. The SMILES string of the molecule is CC(NC(=O)C(Sc1ccccc1)c1ccccc1)c1nnc2ccccn12. The van der Waals surface area contributed by atoms with Crippen molar-refractivity contribution in [3.63, 3.8) is 0 Å². The van der Waals surface area contributed by atoms with Gasteiger partial charge in [-0.2, -0.15) is 0 Å². The summed E-state index contributed by atoms with van der Waals surface area (Å²) in [6, 6.07) is 25.3. The molecule has 0 fully saturated rings. The Labute approximate surface area is 167 Å². The van der Waals surface area contributed by atoms with Crippen molar-refractivity contribution in [2.75, 3.05) is 0 Å². The number of amides is 1. The second-order valence-electron chi connectivity index (χ2n) is 6.44. The zero-order valence-corrected chi connectivity index (χ0v) is 16.2. The van der Waals surface area contributed by atoms with E-state index in [-0.39, 0.29) is 17.2 Å². The smallest absolute Gasteiger partial charge is 0.238 e. The van der Waals surface area contributed by atoms with Gasteiger partial charge in [0.15, 0.2) is 11.5 Å². The maximum absolute atomic E-state index is 13.2. The van der Waals surface area contributed by atoms with Gasteiger partial charge in [0.2, 0.25) is 5.91 Å². The molecule has 1 N–H and O–H groups in total. The summed E-state index contributed by atoms with van der Waals surface area (Å²) in [5, 5.41) is 11.2. The molecule has 0 saturated carbocycles. The van der Waals surface area contributed by atoms with Crippen molar-refractivity contribution >= 4 is 23.3 Å². The molecule has 28 heavy (non-hydrogen) atoms. The average molecular weight is 388 g/mol. The minimum absolute atomic E-state index is 0.0553. The number of pyridine rings is 1. The van der Waals surface area contributed by atoms with Crippen molar-refractivity contribution in [2.24, 2.45) is 0 Å². The maximum Gasteiger partial charge on any atom is 0.238 e. The number of carbonyl (C=O) groups is 1. The highest BCUT2D eigenvalue weighted by molar-refractivity contribution is 8.00. The van der Waals surface area contributed by atoms with E-state index in [1.807, 2.05) is 96.4 Å². The van der Waals surface area contributed by atoms with E-state index in [4.69, 9.17) is 0 Å². The van der Waals surface area contributed by atoms with Crippen molar-refractivity contribution in [1.82, 2.24) is 19.9 Å². The molecule has 0 spiro atoms. The van der Waals surface area contributed by atoms with Crippen LogP contribution < -0.4 is 5.32 Å². The number of nitrogens with one attached hydrogen (secondary N) is 1. The van der Waals surface area contributed by atoms with Gasteiger partial charge in [-0.05, 0) is 36.8 Å². The molecule has 2 atom stereocenters. The van der Waals surface area contributed by atoms with Gasteiger partial charge in [0.05, 0.1) is 6.04 Å². The van der Waals surface area contributed by atoms with E-state index in [0.717, 1.165) is 16.1 Å². The Morgan fingerprint density at radius 2 is 1.61 bits per heavy atom. The number of nitrogens with zero attached hydrogens (tertiary/aromatic N) is 3. The molecule has 4 aromatic rings. The van der Waals surface area contributed by atoms with Gasteiger partial charge in [0, 0.05) is 11.1 Å². The molecule has 2 unspecified atom stereocenters. The number of benzene rings is 2. The Morgan fingerprint density at radius 1 is 0.929 bits per heavy atom. The van der Waals surface area contributed by atoms with E-state index in [0.29, 0.717) is 5.82 Å². The minimum Gasteiger partial charge on any atom is -0.345 e. The van der Waals surface area contributed by atoms with Crippen LogP contribution in [0.3, 0.4) is 0 Å². The van der Waals surface area contributed by atoms with E-state index < -0.39 is 0 Å². The quantitative estimate of drug-likeness (QED) is 0.496. The predicted molar refractivity (Wildman–Crippen MR) is 111 cm³/mol. The van der Waals surface area contributed by atoms with Gasteiger partial charge in [0.25, 0.3) is 0 Å². The number of hydrogen-bond acceptors (Lipinski definition) is 4. The molecule has 140 valence electrons. The predicted octanol–water partition coefficient (Wildman–Crippen LogP) is 4.44. The molecule has 5 nitrogen and oxygen atoms in total. The fourth-order valence-electron chi connectivity index (χ4n) is 3.04. The lowest BCUT2D eigenvalue weighted by Crippen LogP contribution is -2.31. The highest BCUT2D eigenvalue weighted by Crippen LogP contribution is 2.35. The van der Waals surface area contributed by atoms with Gasteiger partial charge in [-0.1, -0.05) is 54.6 Å². The number of fused-ring (bicyclic) bond motifs is 1. The lowest BCUT2D eigenvalue weighted by molar-refractivity contribution is -0.121. The Balaban J connectivity index is 1.58. The Hall–Kier alpha value is -3.12. The number of rotatable bonds is 6. The molecule has 2 aromatic heterocycles. The molecule has 1 amide bonds. The van der Waals surface area contributed by atoms with Crippen LogP contribution >= 0.6 is 11.8 Å². The van der Waals surface area contributed by atoms with Gasteiger partial charge >= 0.3 is 0 Å². The summed E-state index contributed by atoms with van der Waals surface area (Å²) in [5.41, 5.74) is 1.73. The van der Waals surface area contributed by atoms with Gasteiger partial charge in [-0.3, -0.25) is 9.20 Å². The van der Waals surface area contributed by atoms with Crippen molar-refractivity contribution < 1.29 is 4.79 Å². The molecular weight excluding hydrogens is 368 g/mol. The largest absolute Gasteiger partial charge is 0.345 e. The van der Waals surface area contributed by atoms with Gasteiger partial charge < -0.3 is 5.32 Å². The fourth-order valence-corrected chi connectivity index (χ4v) is 4.10. The molecule has 6 heteroatoms. The third-order valence-electron chi connectivity index (χ3n) is 4.42. The molecule has 0 aliphatic carbocycles. The van der Waals surface area contributed by atoms with E-state index in [2.05, 4.69) is 15.5 Å². The molecule has 0 saturated heterocycles. The third kappa shape index (κ3) is 3.92. The standard InChI is InChI=1S/C22H20N4OS/c1-16(21-25-24-19-14-8-9-15-26(19)21)23-22(27)20(17-10-4-2-5-11-17)28-18-12-6-3-7-13-18/h2-16,20H,1H3,(H,23,27). The summed E-state index contributed by atoms with van der Waals surface area (Å²) in [6.45, 7) is 1.93. The summed E-state index contributed by atoms with van der Waals surface area (Å²) in [5.74, 6) is 0.653. The average Bonchev–Trinajstić information content (AvgIpc) is 3.17. The van der Waals surface area contributed by atoms with Gasteiger partial charge in [-0.25, -0.2) is 0 Å². The van der Waals surface area contributed by atoms with Crippen LogP contribution in [-0.4, -0.2) is 20.5 Å². The second kappa shape index (κ2) is 8.27. The lowest BCUT2D eigenvalue weighted by atomic mass is 10.1. The van der Waals surface area contributed by atoms with E-state index in [1.54, 1.807) is 0 Å². The summed E-state index contributed by atoms with van der Waals surface area (Å²) in [7, 11) is 0. The molecule has 2 aromatic carbocycles. The van der Waals surface area contributed by atoms with Crippen LogP contribution in [-0.2, 0) is 4.79 Å². The monoisotopic (exact) mass is 388 g/mol. The van der Waals surface area contributed by atoms with E-state index in [1.165, 1.54) is 11.8 Å². The highest BCUT2D eigenvalue weighted by Gasteiger charge is 2.25. The van der Waals surface area contributed by atoms with Crippen LogP contribution in [0.2, 0.25) is 0 Å². The van der Waals surface area contributed by atoms with Crippen LogP contribution in [0.4, 0.5) is 0 Å². The second-order valence-corrected chi connectivity index (χ2v) is 7.62. The van der Waals surface area contributed by atoms with E-state index >= 15 is 0 Å². The number of thioether (sulfide) groups is 1. The molecular formula is C22H20N4OS. The molecule has 2 heterocycles. The first-order valence-corrected chi connectivity index (χ1v) is 9.97. The summed E-state index contributed by atoms with van der Waals surface area (Å²) < 4.78 is 1.90. The van der Waals surface area contributed by atoms with Crippen LogP contribution in [0.5, 0.6) is 0 Å². The van der Waals surface area contributed by atoms with Gasteiger partial charge in [-0.15, -0.1) is 22.0 Å². The molecule has 0 aliphatic rings. The topological polar surface area (TPSA) is 59.3 Å². The Kier molecular flexibility index (Phi) is 5.39. The van der Waals surface area contributed by atoms with Gasteiger partial charge in [0.1, 0.15) is 5.25 Å². The first-order valence-electron chi connectivity index (χ1n) is 9.09. The Morgan fingerprint density at radius 3 is 2.36 bits per heavy atom. The number of aromatic nitrogens is 3. The fraction of sp³-hybridized carbons (Fsp3) is 0.136. The molecule has 0 bridgehead atoms. The van der Waals surface area contributed by atoms with E-state index in [9.17, 15) is 4.79 Å². The third-order valence-corrected chi connectivity index (χ3v) is 5.69. The first kappa shape index (κ1) is 18.3. The summed E-state index contributed by atoms with van der Waals surface area (Å²) >= 11 is 1.54. The number of carbonyl (C=O) groups excluding carboxylic acids is 1. The van der Waals surface area contributed by atoms with Crippen LogP contribution in [0.15, 0.2) is 90.0 Å². The Bertz CT molecular complexity index is 1070.